The quantitative estimate of drug-likeness (QED) is 0.0880. The number of benzene rings is 18. The van der Waals surface area contributed by atoms with Crippen LogP contribution in [0.2, 0.25) is 0 Å². The molecule has 23 aromatic rings. The highest BCUT2D eigenvalue weighted by Crippen LogP contribution is 2.49. The van der Waals surface area contributed by atoms with Gasteiger partial charge in [-0.1, -0.05) is 249 Å². The third-order valence-corrected chi connectivity index (χ3v) is 37.3. The van der Waals surface area contributed by atoms with E-state index in [0.29, 0.717) is 0 Å². The zero-order valence-electron chi connectivity index (χ0n) is 67.8. The molecule has 0 atom stereocenters. The van der Waals surface area contributed by atoms with Crippen molar-refractivity contribution in [1.82, 2.24) is 32.5 Å². The number of fused-ring (bicyclic) bond motifs is 13. The number of aromatic nitrogens is 7. The normalized spacial score (nSPS) is 13.4. The van der Waals surface area contributed by atoms with Crippen molar-refractivity contribution >= 4 is 181 Å². The molecule has 6 aliphatic heterocycles. The van der Waals surface area contributed by atoms with Gasteiger partial charge in [-0.2, -0.15) is 0 Å². The van der Waals surface area contributed by atoms with Crippen LogP contribution in [0.25, 0.3) is 106 Å². The maximum atomic E-state index is 7.32. The van der Waals surface area contributed by atoms with Gasteiger partial charge in [0.05, 0.1) is 66.5 Å². The second-order valence-corrected chi connectivity index (χ2v) is 41.7. The lowest BCUT2D eigenvalue weighted by Crippen LogP contribution is -2.74. The van der Waals surface area contributed by atoms with Gasteiger partial charge >= 0.3 is 0 Å². The Morgan fingerprint density at radius 3 is 1.13 bits per heavy atom. The highest BCUT2D eigenvalue weighted by molar-refractivity contribution is 7.20. The van der Waals surface area contributed by atoms with Gasteiger partial charge in [0.1, 0.15) is 69.0 Å². The summed E-state index contributed by atoms with van der Waals surface area (Å²) in [7, 11) is -6.21. The summed E-state index contributed by atoms with van der Waals surface area (Å²) in [6.07, 6.45) is 0. The molecule has 0 fully saturated rings. The molecular weight excluding hydrogens is 1590 g/mol. The molecule has 0 N–H and O–H groups in total. The number of hydrogen-bond donors (Lipinski definition) is 0. The molecule has 29 rings (SSSR count). The first-order valence-electron chi connectivity index (χ1n) is 43.2. The van der Waals surface area contributed by atoms with Gasteiger partial charge < -0.3 is 33.0 Å². The van der Waals surface area contributed by atoms with Crippen LogP contribution in [0.15, 0.2) is 394 Å². The smallest absolute Gasteiger partial charge is 0.270 e. The molecule has 0 aliphatic carbocycles. The number of nitrogens with zero attached hydrogens (tertiary/aromatic N) is 7. The lowest BCUT2D eigenvalue weighted by atomic mass is 9.33. The predicted molar refractivity (Wildman–Crippen MR) is 515 cm³/mol. The van der Waals surface area contributed by atoms with Gasteiger partial charge in [-0.25, -0.2) is 9.97 Å². The molecule has 13 nitrogen and oxygen atoms in total. The van der Waals surface area contributed by atoms with E-state index in [1.807, 2.05) is 42.5 Å². The second kappa shape index (κ2) is 25.7. The van der Waals surface area contributed by atoms with Crippen molar-refractivity contribution in [2.75, 3.05) is 0 Å². The molecule has 0 bridgehead atoms. The summed E-state index contributed by atoms with van der Waals surface area (Å²) in [6.45, 7) is -0.354. The molecule has 0 saturated carbocycles. The largest absolute Gasteiger partial charge is 0.458 e. The summed E-state index contributed by atoms with van der Waals surface area (Å²) in [5, 5.41) is 12.5. The number of imidazole rings is 4. The van der Waals surface area contributed by atoms with Crippen LogP contribution in [0.3, 0.4) is 0 Å². The lowest BCUT2D eigenvalue weighted by molar-refractivity contribution is 0.442. The van der Waals surface area contributed by atoms with Crippen molar-refractivity contribution in [2.45, 2.75) is 0 Å². The van der Waals surface area contributed by atoms with Gasteiger partial charge in [0.25, 0.3) is 13.4 Å². The van der Waals surface area contributed by atoms with E-state index in [1.165, 1.54) is 52.3 Å². The standard InChI is InChI=1S/C110H65B2N7O6Si2/c1-6-27-70(28-7-1)126(71-29-8-2-9-30-71,72-31-10-3-11-32-72)76-52-56-84-80(64-76)79-38-16-17-39-83(79)115(84)68-60-98-106-99(61-68)124-97-57-53-78(108-107(97)112(106)104-95(123-98)48-25-49-96(104)125-108)66-50-55-85-82(58-66)114-110-116(86-40-18-20-42-88(86)118(85)110)67-26-22-37-75(59-67)127(73-33-12-4-13-34-73,74-35-14-5-15-36-74)77-51-54-81-90(65-77)119-89-43-21-19-41-87(89)117(109(119)113-81)69-62-100-105-101(63-69)122-94-47-24-45-92-103(94)111(105)102-91(120-92)44-23-46-93(102)121-100/h1-65H. The second-order valence-electron chi connectivity index (χ2n) is 34.1. The van der Waals surface area contributed by atoms with Crippen molar-refractivity contribution < 1.29 is 28.4 Å². The average Bonchev–Trinajstić information content (AvgIpc) is 1.15. The Morgan fingerprint density at radius 1 is 0.213 bits per heavy atom. The van der Waals surface area contributed by atoms with Crippen LogP contribution >= 0.6 is 0 Å². The van der Waals surface area contributed by atoms with Gasteiger partial charge in [-0.05, 0) is 168 Å². The Bertz CT molecular complexity index is 8550. The molecule has 17 heteroatoms. The fraction of sp³-hybridized carbons (Fsp3) is 0. The first-order chi connectivity index (χ1) is 62.9. The zero-order valence-corrected chi connectivity index (χ0v) is 69.8. The van der Waals surface area contributed by atoms with Crippen molar-refractivity contribution in [1.29, 1.82) is 0 Å². The molecule has 0 saturated heterocycles. The Labute approximate surface area is 728 Å². The molecule has 5 aromatic heterocycles. The molecule has 0 amide bonds. The van der Waals surface area contributed by atoms with Gasteiger partial charge in [0, 0.05) is 79.1 Å². The molecule has 6 aliphatic rings. The van der Waals surface area contributed by atoms with E-state index >= 15 is 0 Å². The Hall–Kier alpha value is -16.3. The van der Waals surface area contributed by atoms with Crippen LogP contribution in [0.4, 0.5) is 0 Å². The van der Waals surface area contributed by atoms with Crippen LogP contribution in [0.1, 0.15) is 0 Å². The number of ether oxygens (including phenoxy) is 6. The highest BCUT2D eigenvalue weighted by Gasteiger charge is 2.51. The maximum Gasteiger partial charge on any atom is 0.270 e. The zero-order chi connectivity index (χ0) is 82.6. The van der Waals surface area contributed by atoms with E-state index in [2.05, 4.69) is 374 Å². The summed E-state index contributed by atoms with van der Waals surface area (Å²) in [4.78, 5) is 11.4. The van der Waals surface area contributed by atoms with Crippen molar-refractivity contribution in [2.24, 2.45) is 0 Å². The number of hydrogen-bond acceptors (Lipinski definition) is 8. The van der Waals surface area contributed by atoms with E-state index in [-0.39, 0.29) is 13.4 Å². The SMILES string of the molecule is c1ccc([Si](c2ccccc2)(c2ccccc2)c2ccc3c(c2)c2ccccc2n3-c2cc3c4c(c2)Oc2ccc(-c5ccc6c(c5)nc5n(-c7cccc([Si](c8ccccc8)(c8ccccc8)c8ccc9nc%10n(-c%11cc%12c%13c(c%11)Oc%11cccc%14c%11B%13c%11c(cccc%11O%12)O%14)c%11ccccc%11n%10c9c8)c7)c7ccccc7n65)c5c2B4c2c(cccc2O5)O3)cc1. The predicted octanol–water partition coefficient (Wildman–Crippen LogP) is 16.4. The minimum Gasteiger partial charge on any atom is -0.458 e. The molecule has 11 heterocycles. The molecule has 127 heavy (non-hydrogen) atoms. The van der Waals surface area contributed by atoms with Crippen molar-refractivity contribution in [3.8, 4) is 97.2 Å². The number of para-hydroxylation sites is 5. The summed E-state index contributed by atoms with van der Waals surface area (Å²) in [5.41, 5.74) is 20.7. The van der Waals surface area contributed by atoms with Crippen molar-refractivity contribution in [3.63, 3.8) is 0 Å². The van der Waals surface area contributed by atoms with Crippen molar-refractivity contribution in [3.05, 3.63) is 394 Å². The average molecular weight is 1660 g/mol. The summed E-state index contributed by atoms with van der Waals surface area (Å²) in [5.74, 6) is 10.7. The van der Waals surface area contributed by atoms with Gasteiger partial charge in [-0.3, -0.25) is 17.9 Å². The minimum atomic E-state index is -3.33. The van der Waals surface area contributed by atoms with E-state index in [4.69, 9.17) is 38.4 Å². The number of rotatable bonds is 12. The topological polar surface area (TPSA) is 105 Å². The van der Waals surface area contributed by atoms with Crippen LogP contribution in [0, 0.1) is 0 Å². The van der Waals surface area contributed by atoms with Gasteiger partial charge in [0.15, 0.2) is 16.1 Å². The highest BCUT2D eigenvalue weighted by atomic mass is 28.3. The third-order valence-electron chi connectivity index (χ3n) is 27.8. The van der Waals surface area contributed by atoms with E-state index in [9.17, 15) is 0 Å². The Balaban J connectivity index is 0.552. The Kier molecular flexibility index (Phi) is 14.0. The lowest BCUT2D eigenvalue weighted by Gasteiger charge is -2.38. The molecular formula is C110H65B2N7O6Si2. The molecule has 0 spiro atoms. The fourth-order valence-corrected chi connectivity index (χ4v) is 32.2. The third kappa shape index (κ3) is 9.35. The fourth-order valence-electron chi connectivity index (χ4n) is 22.7. The van der Waals surface area contributed by atoms with Crippen LogP contribution in [0.5, 0.6) is 69.0 Å². The molecule has 590 valence electrons. The van der Waals surface area contributed by atoms with Crippen LogP contribution in [-0.4, -0.2) is 62.0 Å². The summed E-state index contributed by atoms with van der Waals surface area (Å²) >= 11 is 0. The first kappa shape index (κ1) is 69.2. The molecule has 18 aromatic carbocycles. The van der Waals surface area contributed by atoms with Gasteiger partial charge in [-0.15, -0.1) is 0 Å². The van der Waals surface area contributed by atoms with Crippen LogP contribution in [-0.2, 0) is 0 Å². The molecule has 0 radical (unpaired) electrons. The molecule has 0 unspecified atom stereocenters. The summed E-state index contributed by atoms with van der Waals surface area (Å²) < 4.78 is 53.8. The van der Waals surface area contributed by atoms with E-state index < -0.39 is 16.1 Å². The minimum absolute atomic E-state index is 0.109. The van der Waals surface area contributed by atoms with Gasteiger partial charge in [0.2, 0.25) is 11.6 Å². The van der Waals surface area contributed by atoms with Crippen LogP contribution < -0.4 is 103 Å². The maximum absolute atomic E-state index is 7.32. The Morgan fingerprint density at radius 2 is 0.591 bits per heavy atom. The summed E-state index contributed by atoms with van der Waals surface area (Å²) in [6, 6.07) is 143. The van der Waals surface area contributed by atoms with E-state index in [1.54, 1.807) is 0 Å². The first-order valence-corrected chi connectivity index (χ1v) is 47.2. The monoisotopic (exact) mass is 1660 g/mol. The van der Waals surface area contributed by atoms with E-state index in [0.717, 1.165) is 197 Å².